The van der Waals surface area contributed by atoms with Gasteiger partial charge in [0.05, 0.1) is 13.3 Å². The van der Waals surface area contributed by atoms with Gasteiger partial charge in [0.2, 0.25) is 5.91 Å². The average Bonchev–Trinajstić information content (AvgIpc) is 2.60. The lowest BCUT2D eigenvalue weighted by Gasteiger charge is -2.56. The van der Waals surface area contributed by atoms with Crippen molar-refractivity contribution in [1.82, 2.24) is 5.43 Å². The maximum atomic E-state index is 12.5. The molecule has 4 saturated carbocycles. The van der Waals surface area contributed by atoms with E-state index in [4.69, 9.17) is 4.74 Å². The Morgan fingerprint density at radius 1 is 1.21 bits per heavy atom. The fourth-order valence-corrected chi connectivity index (χ4v) is 6.02. The predicted octanol–water partition coefficient (Wildman–Crippen LogP) is 4.35. The SMILES string of the molecule is COc1cc(/C=N\NC(=O)CC23CC4CC(CC(C4)C2)C3)ccc1OC(F)F. The van der Waals surface area contributed by atoms with Gasteiger partial charge in [-0.1, -0.05) is 0 Å². The lowest BCUT2D eigenvalue weighted by molar-refractivity contribution is -0.129. The first-order chi connectivity index (χ1) is 13.4. The number of carbonyl (C=O) groups excluding carboxylic acids is 1. The van der Waals surface area contributed by atoms with Crippen LogP contribution in [0.15, 0.2) is 23.3 Å². The van der Waals surface area contributed by atoms with Crippen molar-refractivity contribution >= 4 is 12.1 Å². The minimum Gasteiger partial charge on any atom is -0.493 e. The lowest BCUT2D eigenvalue weighted by Crippen LogP contribution is -2.47. The number of amides is 1. The number of benzene rings is 1. The molecule has 0 saturated heterocycles. The summed E-state index contributed by atoms with van der Waals surface area (Å²) in [5.74, 6) is 2.52. The first-order valence-electron chi connectivity index (χ1n) is 9.89. The highest BCUT2D eigenvalue weighted by Gasteiger charge is 2.51. The third-order valence-corrected chi connectivity index (χ3v) is 6.51. The van der Waals surface area contributed by atoms with E-state index in [9.17, 15) is 13.6 Å². The standard InChI is InChI=1S/C21H26F2N2O3/c1-27-18-7-13(2-3-17(18)28-20(22)23)12-24-25-19(26)11-21-8-14-4-15(9-21)6-16(5-14)10-21/h2-3,7,12,14-16,20H,4-6,8-11H2,1H3,(H,25,26)/b24-12-. The van der Waals surface area contributed by atoms with Gasteiger partial charge in [0.1, 0.15) is 0 Å². The largest absolute Gasteiger partial charge is 0.493 e. The third-order valence-electron chi connectivity index (χ3n) is 6.51. The van der Waals surface area contributed by atoms with Crippen LogP contribution in [0.2, 0.25) is 0 Å². The summed E-state index contributed by atoms with van der Waals surface area (Å²) in [5, 5.41) is 4.04. The molecule has 7 heteroatoms. The molecule has 0 radical (unpaired) electrons. The summed E-state index contributed by atoms with van der Waals surface area (Å²) < 4.78 is 34.2. The Morgan fingerprint density at radius 3 is 2.43 bits per heavy atom. The van der Waals surface area contributed by atoms with Crippen molar-refractivity contribution in [1.29, 1.82) is 0 Å². The molecule has 4 fully saturated rings. The van der Waals surface area contributed by atoms with Gasteiger partial charge in [-0.3, -0.25) is 4.79 Å². The van der Waals surface area contributed by atoms with Crippen molar-refractivity contribution in [3.8, 4) is 11.5 Å². The number of hydrogen-bond acceptors (Lipinski definition) is 4. The Bertz CT molecular complexity index is 731. The van der Waals surface area contributed by atoms with Crippen LogP contribution in [-0.4, -0.2) is 25.8 Å². The number of nitrogens with zero attached hydrogens (tertiary/aromatic N) is 1. The molecule has 4 aliphatic rings. The number of halogens is 2. The molecule has 28 heavy (non-hydrogen) atoms. The predicted molar refractivity (Wildman–Crippen MR) is 101 cm³/mol. The van der Waals surface area contributed by atoms with E-state index in [0.717, 1.165) is 17.8 Å². The average molecular weight is 392 g/mol. The molecule has 0 aliphatic heterocycles. The summed E-state index contributed by atoms with van der Waals surface area (Å²) in [4.78, 5) is 12.5. The first kappa shape index (κ1) is 19.2. The minimum atomic E-state index is -2.92. The summed E-state index contributed by atoms with van der Waals surface area (Å²) in [7, 11) is 1.38. The van der Waals surface area contributed by atoms with Gasteiger partial charge in [-0.15, -0.1) is 0 Å². The molecule has 0 aromatic heterocycles. The number of ether oxygens (including phenoxy) is 2. The van der Waals surface area contributed by atoms with Crippen molar-refractivity contribution in [3.05, 3.63) is 23.8 Å². The number of hydrazone groups is 1. The van der Waals surface area contributed by atoms with Crippen LogP contribution in [-0.2, 0) is 4.79 Å². The maximum absolute atomic E-state index is 12.5. The van der Waals surface area contributed by atoms with Crippen molar-refractivity contribution in [2.45, 2.75) is 51.6 Å². The highest BCUT2D eigenvalue weighted by molar-refractivity contribution is 5.83. The Labute approximate surface area is 163 Å². The molecule has 4 aliphatic carbocycles. The van der Waals surface area contributed by atoms with E-state index >= 15 is 0 Å². The van der Waals surface area contributed by atoms with Crippen molar-refractivity contribution in [3.63, 3.8) is 0 Å². The van der Waals surface area contributed by atoms with Gasteiger partial charge in [-0.25, -0.2) is 5.43 Å². The Balaban J connectivity index is 1.34. The molecule has 152 valence electrons. The zero-order chi connectivity index (χ0) is 19.7. The van der Waals surface area contributed by atoms with Gasteiger partial charge in [0.25, 0.3) is 0 Å². The highest BCUT2D eigenvalue weighted by atomic mass is 19.3. The minimum absolute atomic E-state index is 0.0412. The zero-order valence-electron chi connectivity index (χ0n) is 16.0. The summed E-state index contributed by atoms with van der Waals surface area (Å²) in [6, 6.07) is 4.50. The number of rotatable bonds is 7. The van der Waals surface area contributed by atoms with E-state index in [-0.39, 0.29) is 22.8 Å². The lowest BCUT2D eigenvalue weighted by atomic mass is 9.49. The summed E-state index contributed by atoms with van der Waals surface area (Å²) in [6.07, 6.45) is 9.62. The molecule has 0 spiro atoms. The fourth-order valence-electron chi connectivity index (χ4n) is 6.02. The van der Waals surface area contributed by atoms with Crippen LogP contribution < -0.4 is 14.9 Å². The van der Waals surface area contributed by atoms with Gasteiger partial charge >= 0.3 is 6.61 Å². The van der Waals surface area contributed by atoms with E-state index in [1.54, 1.807) is 6.07 Å². The monoisotopic (exact) mass is 392 g/mol. The van der Waals surface area contributed by atoms with Gasteiger partial charge in [0.15, 0.2) is 11.5 Å². The molecular weight excluding hydrogens is 366 g/mol. The number of methoxy groups -OCH3 is 1. The number of nitrogens with one attached hydrogen (secondary N) is 1. The summed E-state index contributed by atoms with van der Waals surface area (Å²) in [6.45, 7) is -2.92. The van der Waals surface area contributed by atoms with Crippen molar-refractivity contribution in [2.24, 2.45) is 28.3 Å². The van der Waals surface area contributed by atoms with E-state index in [1.807, 2.05) is 0 Å². The van der Waals surface area contributed by atoms with Crippen LogP contribution >= 0.6 is 0 Å². The number of hydrogen-bond donors (Lipinski definition) is 1. The molecule has 5 nitrogen and oxygen atoms in total. The van der Waals surface area contributed by atoms with E-state index in [2.05, 4.69) is 15.3 Å². The second-order valence-electron chi connectivity index (χ2n) is 8.68. The van der Waals surface area contributed by atoms with Crippen LogP contribution in [0.4, 0.5) is 8.78 Å². The first-order valence-corrected chi connectivity index (χ1v) is 9.89. The van der Waals surface area contributed by atoms with Crippen LogP contribution in [0.5, 0.6) is 11.5 Å². The summed E-state index contributed by atoms with van der Waals surface area (Å²) in [5.41, 5.74) is 3.42. The molecule has 1 aromatic carbocycles. The third kappa shape index (κ3) is 4.13. The van der Waals surface area contributed by atoms with E-state index in [0.29, 0.717) is 12.0 Å². The molecule has 0 unspecified atom stereocenters. The molecule has 1 aromatic rings. The quantitative estimate of drug-likeness (QED) is 0.554. The molecule has 4 bridgehead atoms. The van der Waals surface area contributed by atoms with Crippen LogP contribution in [0.25, 0.3) is 0 Å². The molecule has 1 N–H and O–H groups in total. The second-order valence-corrected chi connectivity index (χ2v) is 8.68. The van der Waals surface area contributed by atoms with Gasteiger partial charge < -0.3 is 9.47 Å². The Hall–Kier alpha value is -2.18. The molecule has 0 heterocycles. The Morgan fingerprint density at radius 2 is 1.86 bits per heavy atom. The van der Waals surface area contributed by atoms with E-state index < -0.39 is 6.61 Å². The summed E-state index contributed by atoms with van der Waals surface area (Å²) >= 11 is 0. The molecule has 5 rings (SSSR count). The Kier molecular flexibility index (Phi) is 5.25. The molecular formula is C21H26F2N2O3. The zero-order valence-corrected chi connectivity index (χ0v) is 16.0. The fraction of sp³-hybridized carbons (Fsp3) is 0.619. The number of alkyl halides is 2. The number of carbonyl (C=O) groups is 1. The van der Waals surface area contributed by atoms with Crippen molar-refractivity contribution < 1.29 is 23.0 Å². The smallest absolute Gasteiger partial charge is 0.387 e. The normalized spacial score (nSPS) is 30.8. The topological polar surface area (TPSA) is 59.9 Å². The maximum Gasteiger partial charge on any atom is 0.387 e. The molecule has 1 amide bonds. The molecule has 0 atom stereocenters. The highest BCUT2D eigenvalue weighted by Crippen LogP contribution is 2.61. The van der Waals surface area contributed by atoms with Crippen molar-refractivity contribution in [2.75, 3.05) is 7.11 Å². The van der Waals surface area contributed by atoms with Crippen LogP contribution in [0, 0.1) is 23.2 Å². The van der Waals surface area contributed by atoms with Crippen LogP contribution in [0.1, 0.15) is 50.5 Å². The van der Waals surface area contributed by atoms with Gasteiger partial charge in [0, 0.05) is 6.42 Å². The van der Waals surface area contributed by atoms with Gasteiger partial charge in [-0.2, -0.15) is 13.9 Å². The second kappa shape index (κ2) is 7.68. The van der Waals surface area contributed by atoms with E-state index in [1.165, 1.54) is 64.0 Å². The van der Waals surface area contributed by atoms with Gasteiger partial charge in [-0.05, 0) is 85.5 Å². The van der Waals surface area contributed by atoms with Crippen LogP contribution in [0.3, 0.4) is 0 Å².